The van der Waals surface area contributed by atoms with Crippen molar-refractivity contribution < 1.29 is 0 Å². The summed E-state index contributed by atoms with van der Waals surface area (Å²) in [7, 11) is 0. The lowest BCUT2D eigenvalue weighted by Gasteiger charge is -2.34. The van der Waals surface area contributed by atoms with Crippen LogP contribution in [0.4, 0.5) is 5.69 Å². The third-order valence-corrected chi connectivity index (χ3v) is 4.21. The second-order valence-electron chi connectivity index (χ2n) is 5.28. The molecule has 1 fully saturated rings. The Labute approximate surface area is 97.4 Å². The molecule has 0 spiro atoms. The molecule has 86 valence electrons. The molecule has 2 N–H and O–H groups in total. The summed E-state index contributed by atoms with van der Waals surface area (Å²) in [6, 6.07) is 7.10. The van der Waals surface area contributed by atoms with Crippen molar-refractivity contribution in [2.75, 3.05) is 12.3 Å². The van der Waals surface area contributed by atoms with Crippen LogP contribution in [0.1, 0.15) is 30.9 Å². The molecule has 2 nitrogen and oxygen atoms in total. The first-order chi connectivity index (χ1) is 7.75. The molecular formula is C14H20N2. The van der Waals surface area contributed by atoms with Crippen LogP contribution in [-0.4, -0.2) is 17.5 Å². The fourth-order valence-electron chi connectivity index (χ4n) is 2.89. The summed E-state index contributed by atoms with van der Waals surface area (Å²) in [6.45, 7) is 4.66. The molecule has 0 bridgehead atoms. The SMILES string of the molecule is CC(C1CC1)N1CCc2c(N)cccc2C1. The molecule has 0 aromatic heterocycles. The fourth-order valence-corrected chi connectivity index (χ4v) is 2.89. The van der Waals surface area contributed by atoms with Gasteiger partial charge in [0, 0.05) is 24.8 Å². The third-order valence-electron chi connectivity index (χ3n) is 4.21. The summed E-state index contributed by atoms with van der Waals surface area (Å²) in [5.74, 6) is 0.961. The van der Waals surface area contributed by atoms with E-state index in [0.717, 1.165) is 30.6 Å². The summed E-state index contributed by atoms with van der Waals surface area (Å²) >= 11 is 0. The van der Waals surface area contributed by atoms with Crippen LogP contribution in [0, 0.1) is 5.92 Å². The van der Waals surface area contributed by atoms with Crippen LogP contribution in [0.15, 0.2) is 18.2 Å². The van der Waals surface area contributed by atoms with Crippen molar-refractivity contribution in [3.8, 4) is 0 Å². The molecule has 3 rings (SSSR count). The number of nitrogen functional groups attached to an aromatic ring is 1. The number of benzene rings is 1. The highest BCUT2D eigenvalue weighted by Gasteiger charge is 2.33. The molecule has 0 radical (unpaired) electrons. The minimum Gasteiger partial charge on any atom is -0.398 e. The Bertz CT molecular complexity index is 396. The van der Waals surface area contributed by atoms with Crippen LogP contribution < -0.4 is 5.73 Å². The van der Waals surface area contributed by atoms with Gasteiger partial charge in [0.15, 0.2) is 0 Å². The molecule has 16 heavy (non-hydrogen) atoms. The summed E-state index contributed by atoms with van der Waals surface area (Å²) in [6.07, 6.45) is 3.99. The van der Waals surface area contributed by atoms with E-state index < -0.39 is 0 Å². The van der Waals surface area contributed by atoms with E-state index in [1.165, 1.54) is 30.5 Å². The van der Waals surface area contributed by atoms with E-state index in [1.807, 2.05) is 6.07 Å². The molecule has 1 saturated carbocycles. The van der Waals surface area contributed by atoms with Crippen molar-refractivity contribution in [3.05, 3.63) is 29.3 Å². The smallest absolute Gasteiger partial charge is 0.0350 e. The lowest BCUT2D eigenvalue weighted by Crippen LogP contribution is -2.38. The molecule has 1 aromatic rings. The van der Waals surface area contributed by atoms with Gasteiger partial charge in [0.1, 0.15) is 0 Å². The highest BCUT2D eigenvalue weighted by Crippen LogP contribution is 2.37. The first-order valence-corrected chi connectivity index (χ1v) is 6.36. The minimum absolute atomic E-state index is 0.759. The monoisotopic (exact) mass is 216 g/mol. The van der Waals surface area contributed by atoms with Crippen LogP contribution >= 0.6 is 0 Å². The number of fused-ring (bicyclic) bond motifs is 1. The van der Waals surface area contributed by atoms with E-state index in [-0.39, 0.29) is 0 Å². The summed E-state index contributed by atoms with van der Waals surface area (Å²) in [5, 5.41) is 0. The molecule has 1 unspecified atom stereocenters. The topological polar surface area (TPSA) is 29.3 Å². The van der Waals surface area contributed by atoms with E-state index >= 15 is 0 Å². The molecule has 2 heteroatoms. The van der Waals surface area contributed by atoms with E-state index in [2.05, 4.69) is 24.0 Å². The summed E-state index contributed by atoms with van der Waals surface area (Å²) < 4.78 is 0. The van der Waals surface area contributed by atoms with Gasteiger partial charge >= 0.3 is 0 Å². The van der Waals surface area contributed by atoms with Gasteiger partial charge < -0.3 is 5.73 Å². The number of hydrogen-bond donors (Lipinski definition) is 1. The van der Waals surface area contributed by atoms with E-state index in [0.29, 0.717) is 0 Å². The zero-order valence-corrected chi connectivity index (χ0v) is 9.95. The number of hydrogen-bond acceptors (Lipinski definition) is 2. The van der Waals surface area contributed by atoms with Gasteiger partial charge in [0.05, 0.1) is 0 Å². The van der Waals surface area contributed by atoms with Crippen molar-refractivity contribution in [2.24, 2.45) is 5.92 Å². The van der Waals surface area contributed by atoms with Crippen molar-refractivity contribution in [2.45, 2.75) is 38.8 Å². The Morgan fingerprint density at radius 1 is 1.38 bits per heavy atom. The molecule has 0 amide bonds. The molecule has 1 aliphatic heterocycles. The molecule has 0 saturated heterocycles. The van der Waals surface area contributed by atoms with E-state index in [4.69, 9.17) is 5.73 Å². The molecular weight excluding hydrogens is 196 g/mol. The van der Waals surface area contributed by atoms with Gasteiger partial charge in [-0.1, -0.05) is 12.1 Å². The maximum absolute atomic E-state index is 6.02. The average molecular weight is 216 g/mol. The fraction of sp³-hybridized carbons (Fsp3) is 0.571. The van der Waals surface area contributed by atoms with Crippen molar-refractivity contribution in [3.63, 3.8) is 0 Å². The van der Waals surface area contributed by atoms with Gasteiger partial charge in [-0.3, -0.25) is 4.90 Å². The van der Waals surface area contributed by atoms with Crippen molar-refractivity contribution in [1.29, 1.82) is 0 Å². The maximum Gasteiger partial charge on any atom is 0.0350 e. The third kappa shape index (κ3) is 1.71. The van der Waals surface area contributed by atoms with Gasteiger partial charge in [-0.2, -0.15) is 0 Å². The molecule has 1 atom stereocenters. The quantitative estimate of drug-likeness (QED) is 0.769. The highest BCUT2D eigenvalue weighted by molar-refractivity contribution is 5.51. The van der Waals surface area contributed by atoms with Gasteiger partial charge in [-0.15, -0.1) is 0 Å². The van der Waals surface area contributed by atoms with E-state index in [9.17, 15) is 0 Å². The van der Waals surface area contributed by atoms with Gasteiger partial charge in [0.25, 0.3) is 0 Å². The van der Waals surface area contributed by atoms with Crippen LogP contribution in [0.25, 0.3) is 0 Å². The highest BCUT2D eigenvalue weighted by atomic mass is 15.2. The number of nitrogens with two attached hydrogens (primary N) is 1. The van der Waals surface area contributed by atoms with Crippen LogP contribution in [0.5, 0.6) is 0 Å². The predicted molar refractivity (Wildman–Crippen MR) is 67.2 cm³/mol. The average Bonchev–Trinajstić information content (AvgIpc) is 3.12. The van der Waals surface area contributed by atoms with Crippen LogP contribution in [-0.2, 0) is 13.0 Å². The van der Waals surface area contributed by atoms with Crippen LogP contribution in [0.2, 0.25) is 0 Å². The van der Waals surface area contributed by atoms with Gasteiger partial charge in [0.2, 0.25) is 0 Å². The Balaban J connectivity index is 1.80. The Kier molecular flexibility index (Phi) is 2.40. The normalized spacial score (nSPS) is 22.8. The lowest BCUT2D eigenvalue weighted by atomic mass is 9.96. The Morgan fingerprint density at radius 2 is 2.19 bits per heavy atom. The molecule has 2 aliphatic rings. The predicted octanol–water partition coefficient (Wildman–Crippen LogP) is 2.43. The first kappa shape index (κ1) is 10.2. The molecule has 1 aromatic carbocycles. The number of anilines is 1. The zero-order chi connectivity index (χ0) is 11.1. The number of nitrogens with zero attached hydrogens (tertiary/aromatic N) is 1. The maximum atomic E-state index is 6.02. The standard InChI is InChI=1S/C14H20N2/c1-10(11-5-6-11)16-8-7-13-12(9-16)3-2-4-14(13)15/h2-4,10-11H,5-9,15H2,1H3. The summed E-state index contributed by atoms with van der Waals surface area (Å²) in [5.41, 5.74) is 9.83. The largest absolute Gasteiger partial charge is 0.398 e. The molecule has 1 heterocycles. The van der Waals surface area contributed by atoms with Gasteiger partial charge in [-0.05, 0) is 49.3 Å². The minimum atomic E-state index is 0.759. The number of rotatable bonds is 2. The Hall–Kier alpha value is -1.02. The second-order valence-corrected chi connectivity index (χ2v) is 5.28. The molecule has 1 aliphatic carbocycles. The zero-order valence-electron chi connectivity index (χ0n) is 9.95. The second kappa shape index (κ2) is 3.77. The Morgan fingerprint density at radius 3 is 2.94 bits per heavy atom. The summed E-state index contributed by atoms with van der Waals surface area (Å²) in [4.78, 5) is 2.62. The van der Waals surface area contributed by atoms with Crippen molar-refractivity contribution >= 4 is 5.69 Å². The van der Waals surface area contributed by atoms with Gasteiger partial charge in [-0.25, -0.2) is 0 Å². The lowest BCUT2D eigenvalue weighted by molar-refractivity contribution is 0.173. The van der Waals surface area contributed by atoms with Crippen LogP contribution in [0.3, 0.4) is 0 Å². The van der Waals surface area contributed by atoms with E-state index in [1.54, 1.807) is 0 Å². The van der Waals surface area contributed by atoms with Crippen molar-refractivity contribution in [1.82, 2.24) is 4.90 Å². The first-order valence-electron chi connectivity index (χ1n) is 6.36.